The van der Waals surface area contributed by atoms with Crippen LogP contribution in [0.25, 0.3) is 0 Å². The number of rotatable bonds is 2. The molecule has 1 aromatic heterocycles. The van der Waals surface area contributed by atoms with E-state index in [0.717, 1.165) is 22.1 Å². The number of alkyl halides is 1. The first-order chi connectivity index (χ1) is 7.18. The van der Waals surface area contributed by atoms with Gasteiger partial charge in [0.15, 0.2) is 0 Å². The van der Waals surface area contributed by atoms with Crippen molar-refractivity contribution >= 4 is 38.9 Å². The maximum Gasteiger partial charge on any atom is 0.0960 e. The van der Waals surface area contributed by atoms with Crippen molar-refractivity contribution in [3.8, 4) is 0 Å². The number of hydrogen-bond acceptors (Lipinski definition) is 1. The largest absolute Gasteiger partial charge is 0.127 e. The lowest BCUT2D eigenvalue weighted by Crippen LogP contribution is -1.95. The smallest absolute Gasteiger partial charge is 0.0960 e. The standard InChI is InChI=1S/C12H14BrClS/c1-6-5-9(15-12(6)14)11(13)10-7-3-2-4-8(7)10/h5,7-8,10-11H,2-4H2,1H3. The molecule has 0 N–H and O–H groups in total. The zero-order valence-electron chi connectivity index (χ0n) is 8.67. The second-order valence-electron chi connectivity index (χ2n) is 4.84. The van der Waals surface area contributed by atoms with Crippen LogP contribution in [0.4, 0.5) is 0 Å². The number of fused-ring (bicyclic) bond motifs is 1. The molecule has 0 aliphatic heterocycles. The van der Waals surface area contributed by atoms with Crippen molar-refractivity contribution < 1.29 is 0 Å². The Kier molecular flexibility index (Phi) is 2.65. The first-order valence-electron chi connectivity index (χ1n) is 5.58. The molecule has 0 saturated heterocycles. The van der Waals surface area contributed by atoms with Gasteiger partial charge in [-0.25, -0.2) is 0 Å². The summed E-state index contributed by atoms with van der Waals surface area (Å²) in [4.78, 5) is 1.99. The Labute approximate surface area is 108 Å². The van der Waals surface area contributed by atoms with Crippen molar-refractivity contribution in [3.05, 3.63) is 20.8 Å². The monoisotopic (exact) mass is 304 g/mol. The van der Waals surface area contributed by atoms with Crippen LogP contribution < -0.4 is 0 Å². The summed E-state index contributed by atoms with van der Waals surface area (Å²) in [5, 5.41) is 0. The van der Waals surface area contributed by atoms with Gasteiger partial charge < -0.3 is 0 Å². The van der Waals surface area contributed by atoms with Crippen LogP contribution in [-0.4, -0.2) is 0 Å². The molecule has 0 radical (unpaired) electrons. The van der Waals surface area contributed by atoms with Crippen LogP contribution in [0.3, 0.4) is 0 Å². The Morgan fingerprint density at radius 1 is 1.47 bits per heavy atom. The van der Waals surface area contributed by atoms with E-state index in [0.29, 0.717) is 4.83 Å². The van der Waals surface area contributed by atoms with Crippen molar-refractivity contribution in [3.63, 3.8) is 0 Å². The molecule has 2 aliphatic rings. The highest BCUT2D eigenvalue weighted by molar-refractivity contribution is 9.09. The van der Waals surface area contributed by atoms with Gasteiger partial charge in [0.2, 0.25) is 0 Å². The van der Waals surface area contributed by atoms with Crippen LogP contribution in [0.1, 0.15) is 34.5 Å². The van der Waals surface area contributed by atoms with E-state index in [4.69, 9.17) is 11.6 Å². The summed E-state index contributed by atoms with van der Waals surface area (Å²) in [5.41, 5.74) is 1.23. The summed E-state index contributed by atoms with van der Waals surface area (Å²) >= 11 is 11.7. The minimum Gasteiger partial charge on any atom is -0.127 e. The molecule has 0 spiro atoms. The molecule has 1 aromatic rings. The Morgan fingerprint density at radius 2 is 2.13 bits per heavy atom. The lowest BCUT2D eigenvalue weighted by Gasteiger charge is -2.09. The fraction of sp³-hybridized carbons (Fsp3) is 0.667. The van der Waals surface area contributed by atoms with Gasteiger partial charge in [-0.05, 0) is 49.1 Å². The average Bonchev–Trinajstić information content (AvgIpc) is 2.59. The number of hydrogen-bond donors (Lipinski definition) is 0. The van der Waals surface area contributed by atoms with Gasteiger partial charge in [-0.15, -0.1) is 11.3 Å². The number of aryl methyl sites for hydroxylation is 1. The van der Waals surface area contributed by atoms with Crippen molar-refractivity contribution in [2.24, 2.45) is 17.8 Å². The van der Waals surface area contributed by atoms with Gasteiger partial charge in [-0.1, -0.05) is 34.0 Å². The Morgan fingerprint density at radius 3 is 2.67 bits per heavy atom. The molecule has 0 nitrogen and oxygen atoms in total. The van der Waals surface area contributed by atoms with Gasteiger partial charge in [-0.3, -0.25) is 0 Å². The van der Waals surface area contributed by atoms with E-state index < -0.39 is 0 Å². The molecule has 1 heterocycles. The number of halogens is 2. The first-order valence-corrected chi connectivity index (χ1v) is 7.69. The molecule has 3 unspecified atom stereocenters. The maximum atomic E-state index is 6.12. The van der Waals surface area contributed by atoms with E-state index in [1.165, 1.54) is 29.7 Å². The third-order valence-electron chi connectivity index (χ3n) is 3.96. The zero-order chi connectivity index (χ0) is 10.6. The minimum absolute atomic E-state index is 0.559. The topological polar surface area (TPSA) is 0 Å². The van der Waals surface area contributed by atoms with E-state index in [1.807, 2.05) is 0 Å². The summed E-state index contributed by atoms with van der Waals surface area (Å²) < 4.78 is 0.959. The van der Waals surface area contributed by atoms with E-state index in [9.17, 15) is 0 Å². The average molecular weight is 306 g/mol. The molecule has 2 fully saturated rings. The predicted octanol–water partition coefficient (Wildman–Crippen LogP) is 5.19. The maximum absolute atomic E-state index is 6.12. The van der Waals surface area contributed by atoms with E-state index in [1.54, 1.807) is 11.3 Å². The molecule has 3 rings (SSSR count). The SMILES string of the molecule is Cc1cc(C(Br)C2C3CCCC32)sc1Cl. The normalized spacial score (nSPS) is 35.3. The van der Waals surface area contributed by atoms with Gasteiger partial charge in [0.1, 0.15) is 0 Å². The van der Waals surface area contributed by atoms with Crippen LogP contribution >= 0.6 is 38.9 Å². The van der Waals surface area contributed by atoms with Gasteiger partial charge >= 0.3 is 0 Å². The van der Waals surface area contributed by atoms with Crippen LogP contribution in [0.5, 0.6) is 0 Å². The molecule has 2 aliphatic carbocycles. The van der Waals surface area contributed by atoms with Crippen LogP contribution in [0.15, 0.2) is 6.07 Å². The van der Waals surface area contributed by atoms with Crippen LogP contribution in [0.2, 0.25) is 4.34 Å². The van der Waals surface area contributed by atoms with Gasteiger partial charge in [0.25, 0.3) is 0 Å². The lowest BCUT2D eigenvalue weighted by molar-refractivity contribution is 0.586. The third-order valence-corrected chi connectivity index (χ3v) is 7.00. The molecule has 2 saturated carbocycles. The van der Waals surface area contributed by atoms with E-state index in [-0.39, 0.29) is 0 Å². The van der Waals surface area contributed by atoms with Gasteiger partial charge in [0, 0.05) is 4.88 Å². The second-order valence-corrected chi connectivity index (χ2v) is 7.52. The lowest BCUT2D eigenvalue weighted by atomic mass is 10.1. The quantitative estimate of drug-likeness (QED) is 0.659. The Hall–Kier alpha value is 0.470. The highest BCUT2D eigenvalue weighted by Crippen LogP contribution is 2.65. The molecule has 0 aromatic carbocycles. The van der Waals surface area contributed by atoms with Crippen LogP contribution in [0, 0.1) is 24.7 Å². The Bertz CT molecular complexity index is 357. The first kappa shape index (κ1) is 10.6. The van der Waals surface area contributed by atoms with Crippen LogP contribution in [-0.2, 0) is 0 Å². The van der Waals surface area contributed by atoms with E-state index in [2.05, 4.69) is 28.9 Å². The Balaban J connectivity index is 1.77. The van der Waals surface area contributed by atoms with Crippen molar-refractivity contribution in [1.82, 2.24) is 0 Å². The summed E-state index contributed by atoms with van der Waals surface area (Å²) in [5.74, 6) is 2.92. The third kappa shape index (κ3) is 1.69. The minimum atomic E-state index is 0.559. The van der Waals surface area contributed by atoms with Gasteiger partial charge in [-0.2, -0.15) is 0 Å². The molecule has 82 valence electrons. The summed E-state index contributed by atoms with van der Waals surface area (Å²) in [6.45, 7) is 2.09. The molecule has 0 amide bonds. The fourth-order valence-corrected chi connectivity index (χ4v) is 5.57. The predicted molar refractivity (Wildman–Crippen MR) is 70.1 cm³/mol. The molecule has 0 bridgehead atoms. The highest BCUT2D eigenvalue weighted by Gasteiger charge is 2.55. The summed E-state index contributed by atoms with van der Waals surface area (Å²) in [6, 6.07) is 2.25. The zero-order valence-corrected chi connectivity index (χ0v) is 11.8. The molecule has 3 atom stereocenters. The fourth-order valence-electron chi connectivity index (χ4n) is 3.12. The summed E-state index contributed by atoms with van der Waals surface area (Å²) in [7, 11) is 0. The van der Waals surface area contributed by atoms with Crippen molar-refractivity contribution in [2.45, 2.75) is 31.0 Å². The molecular formula is C12H14BrClS. The molecule has 15 heavy (non-hydrogen) atoms. The molecule has 3 heteroatoms. The van der Waals surface area contributed by atoms with Gasteiger partial charge in [0.05, 0.1) is 9.16 Å². The van der Waals surface area contributed by atoms with Crippen molar-refractivity contribution in [1.29, 1.82) is 0 Å². The highest BCUT2D eigenvalue weighted by atomic mass is 79.9. The van der Waals surface area contributed by atoms with E-state index >= 15 is 0 Å². The molecular weight excluding hydrogens is 292 g/mol. The van der Waals surface area contributed by atoms with Crippen molar-refractivity contribution in [2.75, 3.05) is 0 Å². The summed E-state index contributed by atoms with van der Waals surface area (Å²) in [6.07, 6.45) is 4.36. The second kappa shape index (κ2) is 3.75. The number of thiophene rings is 1.